The van der Waals surface area contributed by atoms with Gasteiger partial charge in [0.1, 0.15) is 12.5 Å². The van der Waals surface area contributed by atoms with E-state index in [1.807, 2.05) is 0 Å². The molecule has 0 aliphatic heterocycles. The molecule has 0 spiro atoms. The minimum atomic E-state index is -4.56. The molecule has 1 aromatic heterocycles. The Morgan fingerprint density at radius 1 is 1.23 bits per heavy atom. The summed E-state index contributed by atoms with van der Waals surface area (Å²) in [5.74, 6) is -0.255. The highest BCUT2D eigenvalue weighted by molar-refractivity contribution is 5.62. The number of H-pyrrole nitrogens is 1. The quantitative estimate of drug-likeness (QED) is 0.880. The van der Waals surface area contributed by atoms with Crippen LogP contribution in [-0.4, -0.2) is 35.9 Å². The highest BCUT2D eigenvalue weighted by atomic mass is 19.4. The average molecular weight is 313 g/mol. The van der Waals surface area contributed by atoms with Crippen molar-refractivity contribution in [2.45, 2.75) is 6.18 Å². The largest absolute Gasteiger partial charge is 0.478 e. The number of ether oxygens (including phenoxy) is 1. The minimum absolute atomic E-state index is 0.0271. The second kappa shape index (κ2) is 6.18. The molecular weight excluding hydrogens is 299 g/mol. The van der Waals surface area contributed by atoms with Crippen molar-refractivity contribution in [3.8, 4) is 17.0 Å². The second-order valence-electron chi connectivity index (χ2n) is 4.87. The summed E-state index contributed by atoms with van der Waals surface area (Å²) in [4.78, 5) is 12.6. The van der Waals surface area contributed by atoms with Crippen molar-refractivity contribution < 1.29 is 17.9 Å². The highest BCUT2D eigenvalue weighted by Crippen LogP contribution is 2.38. The third-order valence-corrected chi connectivity index (χ3v) is 2.74. The molecule has 5 nitrogen and oxygen atoms in total. The molecule has 2 rings (SSSR count). The van der Waals surface area contributed by atoms with Gasteiger partial charge in [-0.05, 0) is 38.4 Å². The molecule has 22 heavy (non-hydrogen) atoms. The summed E-state index contributed by atoms with van der Waals surface area (Å²) in [6.07, 6.45) is -4.56. The molecule has 8 heteroatoms. The summed E-state index contributed by atoms with van der Waals surface area (Å²) < 4.78 is 44.6. The number of hydrogen-bond acceptors (Lipinski definition) is 4. The topological polar surface area (TPSA) is 58.2 Å². The number of aromatic amines is 1. The molecule has 0 aliphatic rings. The molecule has 0 saturated heterocycles. The van der Waals surface area contributed by atoms with Gasteiger partial charge in [-0.15, -0.1) is 0 Å². The van der Waals surface area contributed by atoms with Crippen molar-refractivity contribution in [2.24, 2.45) is 0 Å². The predicted molar refractivity (Wildman–Crippen MR) is 74.5 cm³/mol. The lowest BCUT2D eigenvalue weighted by Gasteiger charge is -2.17. The van der Waals surface area contributed by atoms with E-state index in [9.17, 15) is 18.0 Å². The van der Waals surface area contributed by atoms with Crippen molar-refractivity contribution in [1.29, 1.82) is 0 Å². The number of halogens is 3. The van der Waals surface area contributed by atoms with Crippen LogP contribution in [0.2, 0.25) is 0 Å². The summed E-state index contributed by atoms with van der Waals surface area (Å²) in [7, 11) is 3.37. The Labute approximate surface area is 124 Å². The first-order valence-electron chi connectivity index (χ1n) is 6.32. The monoisotopic (exact) mass is 313 g/mol. The minimum Gasteiger partial charge on any atom is -0.478 e. The van der Waals surface area contributed by atoms with E-state index >= 15 is 0 Å². The van der Waals surface area contributed by atoms with Crippen LogP contribution in [-0.2, 0) is 6.18 Å². The molecule has 1 aromatic carbocycles. The maximum atomic E-state index is 13.2. The number of nitrogens with zero attached hydrogens (tertiary/aromatic N) is 2. The summed E-state index contributed by atoms with van der Waals surface area (Å²) in [5.41, 5.74) is -0.837. The van der Waals surface area contributed by atoms with Crippen molar-refractivity contribution in [3.63, 3.8) is 0 Å². The van der Waals surface area contributed by atoms with E-state index in [1.165, 1.54) is 24.3 Å². The number of nitrogens with one attached hydrogen (secondary N) is 1. The third kappa shape index (κ3) is 3.85. The molecule has 1 N–H and O–H groups in total. The van der Waals surface area contributed by atoms with Gasteiger partial charge in [-0.3, -0.25) is 9.69 Å². The molecule has 1 heterocycles. The fraction of sp³-hybridized carbons (Fsp3) is 0.286. The molecular formula is C14H14F3N3O2. The van der Waals surface area contributed by atoms with Gasteiger partial charge >= 0.3 is 6.18 Å². The van der Waals surface area contributed by atoms with Crippen molar-refractivity contribution in [3.05, 3.63) is 46.2 Å². The van der Waals surface area contributed by atoms with Gasteiger partial charge in [-0.25, -0.2) is 5.10 Å². The first-order chi connectivity index (χ1) is 10.3. The van der Waals surface area contributed by atoms with E-state index in [-0.39, 0.29) is 23.7 Å². The van der Waals surface area contributed by atoms with Gasteiger partial charge in [0.15, 0.2) is 0 Å². The Kier molecular flexibility index (Phi) is 4.51. The van der Waals surface area contributed by atoms with Gasteiger partial charge in [0.2, 0.25) is 0 Å². The van der Waals surface area contributed by atoms with Gasteiger partial charge in [-0.2, -0.15) is 18.3 Å². The van der Waals surface area contributed by atoms with E-state index in [0.29, 0.717) is 0 Å². The summed E-state index contributed by atoms with van der Waals surface area (Å²) in [5, 5.41) is 5.91. The molecule has 0 unspecified atom stereocenters. The van der Waals surface area contributed by atoms with E-state index in [4.69, 9.17) is 4.74 Å². The number of benzene rings is 1. The number of aromatic nitrogens is 2. The molecule has 0 atom stereocenters. The maximum Gasteiger partial charge on any atom is 0.419 e. The van der Waals surface area contributed by atoms with Crippen LogP contribution in [0.4, 0.5) is 13.2 Å². The zero-order chi connectivity index (χ0) is 16.3. The number of alkyl halides is 3. The van der Waals surface area contributed by atoms with Crippen LogP contribution in [0.3, 0.4) is 0 Å². The summed E-state index contributed by atoms with van der Waals surface area (Å²) in [6, 6.07) is 6.21. The van der Waals surface area contributed by atoms with Crippen molar-refractivity contribution in [2.75, 3.05) is 20.8 Å². The zero-order valence-corrected chi connectivity index (χ0v) is 11.9. The lowest BCUT2D eigenvalue weighted by molar-refractivity contribution is -0.139. The average Bonchev–Trinajstić information content (AvgIpc) is 2.45. The lowest BCUT2D eigenvalue weighted by atomic mass is 10.1. The van der Waals surface area contributed by atoms with E-state index < -0.39 is 17.3 Å². The van der Waals surface area contributed by atoms with Crippen molar-refractivity contribution >= 4 is 0 Å². The first-order valence-corrected chi connectivity index (χ1v) is 6.32. The molecule has 0 saturated carbocycles. The molecule has 0 radical (unpaired) electrons. The number of rotatable bonds is 4. The van der Waals surface area contributed by atoms with Crippen LogP contribution in [0.25, 0.3) is 11.3 Å². The summed E-state index contributed by atoms with van der Waals surface area (Å²) in [6.45, 7) is 0.0271. The predicted octanol–water partition coefficient (Wildman–Crippen LogP) is 2.35. The van der Waals surface area contributed by atoms with Crippen LogP contribution in [0.15, 0.2) is 35.1 Å². The zero-order valence-electron chi connectivity index (χ0n) is 11.9. The van der Waals surface area contributed by atoms with Gasteiger partial charge in [0.25, 0.3) is 5.56 Å². The fourth-order valence-corrected chi connectivity index (χ4v) is 1.74. The Hall–Kier alpha value is -2.35. The lowest BCUT2D eigenvalue weighted by Crippen LogP contribution is -2.20. The van der Waals surface area contributed by atoms with E-state index in [2.05, 4.69) is 10.2 Å². The van der Waals surface area contributed by atoms with Crippen LogP contribution in [0, 0.1) is 0 Å². The Balaban J connectivity index is 2.43. The standard InChI is InChI=1S/C14H14F3N3O2/c1-20(2)8-22-12-5-3-9(7-10(12)14(15,16)17)11-4-6-13(21)19-18-11/h3-7H,8H2,1-2H3,(H,19,21). The van der Waals surface area contributed by atoms with Gasteiger partial charge < -0.3 is 4.74 Å². The Bertz CT molecular complexity index is 691. The molecule has 2 aromatic rings. The SMILES string of the molecule is CN(C)COc1ccc(-c2ccc(=O)[nH]n2)cc1C(F)(F)F. The van der Waals surface area contributed by atoms with Gasteiger partial charge in [-0.1, -0.05) is 0 Å². The number of hydrogen-bond donors (Lipinski definition) is 1. The first kappa shape index (κ1) is 16.0. The second-order valence-corrected chi connectivity index (χ2v) is 4.87. The molecule has 0 aliphatic carbocycles. The molecule has 0 fully saturated rings. The molecule has 118 valence electrons. The van der Waals surface area contributed by atoms with E-state index in [1.54, 1.807) is 19.0 Å². The van der Waals surface area contributed by atoms with Crippen LogP contribution < -0.4 is 10.3 Å². The van der Waals surface area contributed by atoms with Gasteiger partial charge in [0.05, 0.1) is 11.3 Å². The van der Waals surface area contributed by atoms with Gasteiger partial charge in [0, 0.05) is 11.6 Å². The maximum absolute atomic E-state index is 13.2. The summed E-state index contributed by atoms with van der Waals surface area (Å²) >= 11 is 0. The highest BCUT2D eigenvalue weighted by Gasteiger charge is 2.35. The Morgan fingerprint density at radius 3 is 2.50 bits per heavy atom. The molecule has 0 bridgehead atoms. The van der Waals surface area contributed by atoms with Crippen molar-refractivity contribution in [1.82, 2.24) is 15.1 Å². The Morgan fingerprint density at radius 2 is 1.95 bits per heavy atom. The van der Waals surface area contributed by atoms with Crippen LogP contribution in [0.1, 0.15) is 5.56 Å². The smallest absolute Gasteiger partial charge is 0.419 e. The fourth-order valence-electron chi connectivity index (χ4n) is 1.74. The van der Waals surface area contributed by atoms with Crippen LogP contribution in [0.5, 0.6) is 5.75 Å². The third-order valence-electron chi connectivity index (χ3n) is 2.74. The molecule has 0 amide bonds. The normalized spacial score (nSPS) is 11.7. The van der Waals surface area contributed by atoms with Crippen LogP contribution >= 0.6 is 0 Å². The van der Waals surface area contributed by atoms with E-state index in [0.717, 1.165) is 6.07 Å².